The molecular formula is C30H28N2O5. The van der Waals surface area contributed by atoms with E-state index in [9.17, 15) is 14.4 Å². The van der Waals surface area contributed by atoms with Gasteiger partial charge >= 0.3 is 5.97 Å². The topological polar surface area (TPSA) is 111 Å². The van der Waals surface area contributed by atoms with Crippen LogP contribution in [-0.4, -0.2) is 33.8 Å². The Hall–Kier alpha value is -4.39. The van der Waals surface area contributed by atoms with Crippen LogP contribution in [-0.2, 0) is 16.0 Å². The van der Waals surface area contributed by atoms with Gasteiger partial charge in [0.2, 0.25) is 0 Å². The molecule has 5 rings (SSSR count). The highest BCUT2D eigenvalue weighted by Gasteiger charge is 2.36. The van der Waals surface area contributed by atoms with E-state index >= 15 is 0 Å². The van der Waals surface area contributed by atoms with Crippen LogP contribution >= 0.6 is 0 Å². The number of ketones is 1. The average molecular weight is 497 g/mol. The Morgan fingerprint density at radius 2 is 1.73 bits per heavy atom. The normalized spacial score (nSPS) is 13.0. The number of carboxylic acid groups (broad SMARTS) is 1. The maximum atomic E-state index is 13.1. The third kappa shape index (κ3) is 5.11. The second kappa shape index (κ2) is 10.3. The van der Waals surface area contributed by atoms with E-state index in [0.717, 1.165) is 40.8 Å². The van der Waals surface area contributed by atoms with E-state index in [1.807, 2.05) is 40.9 Å². The summed E-state index contributed by atoms with van der Waals surface area (Å²) in [6.45, 7) is 0.231. The Kier molecular flexibility index (Phi) is 6.77. The molecule has 7 nitrogen and oxygen atoms in total. The summed E-state index contributed by atoms with van der Waals surface area (Å²) < 4.78 is 7.74. The molecule has 7 heteroatoms. The number of hydrogen-bond acceptors (Lipinski definition) is 4. The number of nitrogens with zero attached hydrogens (tertiary/aromatic N) is 1. The number of amides is 1. The quantitative estimate of drug-likeness (QED) is 0.173. The summed E-state index contributed by atoms with van der Waals surface area (Å²) in [5.74, 6) is -1.87. The zero-order valence-corrected chi connectivity index (χ0v) is 20.4. The molecule has 188 valence electrons. The largest absolute Gasteiger partial charge is 0.493 e. The monoisotopic (exact) mass is 496 g/mol. The number of hydrogen-bond donors (Lipinski definition) is 2. The van der Waals surface area contributed by atoms with Crippen molar-refractivity contribution in [3.05, 3.63) is 95.3 Å². The van der Waals surface area contributed by atoms with Gasteiger partial charge in [-0.3, -0.25) is 14.4 Å². The number of Topliss-reactive ketones (excluding diaryl/α,β-unsaturated/α-hetero) is 1. The summed E-state index contributed by atoms with van der Waals surface area (Å²) in [7, 11) is 0. The molecule has 0 saturated heterocycles. The van der Waals surface area contributed by atoms with Gasteiger partial charge in [-0.15, -0.1) is 0 Å². The van der Waals surface area contributed by atoms with Crippen LogP contribution in [0, 0.1) is 0 Å². The maximum absolute atomic E-state index is 13.1. The minimum absolute atomic E-state index is 0.00951. The lowest BCUT2D eigenvalue weighted by Crippen LogP contribution is -2.24. The molecule has 2 heterocycles. The van der Waals surface area contributed by atoms with Gasteiger partial charge in [0.1, 0.15) is 5.75 Å². The Morgan fingerprint density at radius 1 is 1.00 bits per heavy atom. The first-order valence-electron chi connectivity index (χ1n) is 12.4. The standard InChI is InChI=1S/C30H28N2O5/c31-30(36)29(35)28-25-18-22(37-16-6-11-26(33)34)14-15-32(25)24(27(28)20-12-13-20)17-21-9-4-5-10-23(21)19-7-2-1-3-8-19/h1-5,7-10,14-15,18,20H,6,11-13,16-17H2,(H2,31,36)(H,33,34). The number of carbonyl (C=O) groups is 3. The Bertz CT molecular complexity index is 1480. The van der Waals surface area contributed by atoms with Crippen LogP contribution in [0.25, 0.3) is 16.6 Å². The molecule has 2 aromatic heterocycles. The zero-order valence-electron chi connectivity index (χ0n) is 20.4. The fourth-order valence-corrected chi connectivity index (χ4v) is 4.93. The molecule has 0 atom stereocenters. The lowest BCUT2D eigenvalue weighted by atomic mass is 9.93. The summed E-state index contributed by atoms with van der Waals surface area (Å²) in [5, 5.41) is 8.87. The van der Waals surface area contributed by atoms with Crippen molar-refractivity contribution >= 4 is 23.2 Å². The number of benzene rings is 2. The minimum Gasteiger partial charge on any atom is -0.493 e. The number of carboxylic acids is 1. The number of aliphatic carboxylic acids is 1. The van der Waals surface area contributed by atoms with E-state index in [1.54, 1.807) is 12.1 Å². The third-order valence-electron chi connectivity index (χ3n) is 6.75. The van der Waals surface area contributed by atoms with Gasteiger partial charge in [-0.05, 0) is 53.5 Å². The van der Waals surface area contributed by atoms with E-state index in [-0.39, 0.29) is 18.9 Å². The van der Waals surface area contributed by atoms with Gasteiger partial charge < -0.3 is 20.0 Å². The molecule has 1 aliphatic carbocycles. The molecule has 1 aliphatic rings. The predicted molar refractivity (Wildman–Crippen MR) is 140 cm³/mol. The van der Waals surface area contributed by atoms with E-state index in [2.05, 4.69) is 24.3 Å². The van der Waals surface area contributed by atoms with Crippen LogP contribution in [0.4, 0.5) is 0 Å². The van der Waals surface area contributed by atoms with Gasteiger partial charge in [0.15, 0.2) is 0 Å². The van der Waals surface area contributed by atoms with Gasteiger partial charge in [0.25, 0.3) is 11.7 Å². The van der Waals surface area contributed by atoms with E-state index in [4.69, 9.17) is 15.6 Å². The number of pyridine rings is 1. The molecule has 1 fully saturated rings. The lowest BCUT2D eigenvalue weighted by molar-refractivity contribution is -0.137. The first-order chi connectivity index (χ1) is 17.9. The van der Waals surface area contributed by atoms with Crippen molar-refractivity contribution < 1.29 is 24.2 Å². The summed E-state index contributed by atoms with van der Waals surface area (Å²) in [4.78, 5) is 36.0. The van der Waals surface area contributed by atoms with Crippen molar-refractivity contribution in [3.8, 4) is 16.9 Å². The lowest BCUT2D eigenvalue weighted by Gasteiger charge is -2.12. The van der Waals surface area contributed by atoms with Crippen molar-refractivity contribution in [1.82, 2.24) is 4.40 Å². The second-order valence-electron chi connectivity index (χ2n) is 9.37. The highest BCUT2D eigenvalue weighted by Crippen LogP contribution is 2.46. The molecule has 2 aromatic carbocycles. The third-order valence-corrected chi connectivity index (χ3v) is 6.75. The Balaban J connectivity index is 1.61. The Labute approximate surface area is 214 Å². The highest BCUT2D eigenvalue weighted by molar-refractivity contribution is 6.44. The Morgan fingerprint density at radius 3 is 2.43 bits per heavy atom. The summed E-state index contributed by atoms with van der Waals surface area (Å²) in [6, 6.07) is 21.9. The first kappa shape index (κ1) is 24.3. The SMILES string of the molecule is NC(=O)C(=O)c1c(C2CC2)c(Cc2ccccc2-c2ccccc2)n2ccc(OCCCC(=O)O)cc12. The summed E-state index contributed by atoms with van der Waals surface area (Å²) in [6.07, 6.45) is 4.69. The van der Waals surface area contributed by atoms with Gasteiger partial charge in [0, 0.05) is 30.8 Å². The molecule has 1 amide bonds. The number of fused-ring (bicyclic) bond motifs is 1. The predicted octanol–water partition coefficient (Wildman–Crippen LogP) is 4.99. The van der Waals surface area contributed by atoms with Crippen molar-refractivity contribution in [2.24, 2.45) is 5.73 Å². The number of aromatic nitrogens is 1. The average Bonchev–Trinajstić information content (AvgIpc) is 3.69. The van der Waals surface area contributed by atoms with Crippen LogP contribution in [0.2, 0.25) is 0 Å². The van der Waals surface area contributed by atoms with E-state index in [0.29, 0.717) is 29.7 Å². The maximum Gasteiger partial charge on any atom is 0.303 e. The molecule has 0 aliphatic heterocycles. The van der Waals surface area contributed by atoms with Crippen molar-refractivity contribution in [2.45, 2.75) is 38.0 Å². The van der Waals surface area contributed by atoms with Gasteiger partial charge in [-0.1, -0.05) is 54.6 Å². The molecule has 0 spiro atoms. The first-order valence-corrected chi connectivity index (χ1v) is 12.4. The minimum atomic E-state index is -0.988. The number of ether oxygens (including phenoxy) is 1. The van der Waals surface area contributed by atoms with Crippen molar-refractivity contribution in [2.75, 3.05) is 6.61 Å². The van der Waals surface area contributed by atoms with Crippen molar-refractivity contribution in [1.29, 1.82) is 0 Å². The van der Waals surface area contributed by atoms with Crippen LogP contribution < -0.4 is 10.5 Å². The van der Waals surface area contributed by atoms with E-state index < -0.39 is 17.7 Å². The molecule has 37 heavy (non-hydrogen) atoms. The number of primary amides is 1. The number of nitrogens with two attached hydrogens (primary N) is 1. The number of rotatable bonds is 11. The molecule has 4 aromatic rings. The second-order valence-corrected chi connectivity index (χ2v) is 9.37. The molecular weight excluding hydrogens is 468 g/mol. The molecule has 0 bridgehead atoms. The van der Waals surface area contributed by atoms with Crippen LogP contribution in [0.1, 0.15) is 58.8 Å². The van der Waals surface area contributed by atoms with Crippen LogP contribution in [0.5, 0.6) is 5.75 Å². The molecule has 0 radical (unpaired) electrons. The summed E-state index contributed by atoms with van der Waals surface area (Å²) in [5.41, 5.74) is 11.6. The zero-order chi connectivity index (χ0) is 25.9. The van der Waals surface area contributed by atoms with Gasteiger partial charge in [-0.25, -0.2) is 0 Å². The fourth-order valence-electron chi connectivity index (χ4n) is 4.93. The van der Waals surface area contributed by atoms with Crippen molar-refractivity contribution in [3.63, 3.8) is 0 Å². The molecule has 1 saturated carbocycles. The summed E-state index contributed by atoms with van der Waals surface area (Å²) >= 11 is 0. The highest BCUT2D eigenvalue weighted by atomic mass is 16.5. The number of carbonyl (C=O) groups excluding carboxylic acids is 2. The molecule has 3 N–H and O–H groups in total. The van der Waals surface area contributed by atoms with Crippen LogP contribution in [0.15, 0.2) is 72.9 Å². The fraction of sp³-hybridized carbons (Fsp3) is 0.233. The molecule has 0 unspecified atom stereocenters. The smallest absolute Gasteiger partial charge is 0.303 e. The van der Waals surface area contributed by atoms with Gasteiger partial charge in [-0.2, -0.15) is 0 Å². The van der Waals surface area contributed by atoms with Gasteiger partial charge in [0.05, 0.1) is 17.7 Å². The van der Waals surface area contributed by atoms with Crippen LogP contribution in [0.3, 0.4) is 0 Å². The van der Waals surface area contributed by atoms with E-state index in [1.165, 1.54) is 0 Å².